The van der Waals surface area contributed by atoms with Crippen LogP contribution in [0.3, 0.4) is 0 Å². The van der Waals surface area contributed by atoms with Crippen molar-refractivity contribution in [1.29, 1.82) is 0 Å². The molecule has 0 saturated heterocycles. The predicted molar refractivity (Wildman–Crippen MR) is 203 cm³/mol. The Morgan fingerprint density at radius 2 is 1.08 bits per heavy atom. The Hall–Kier alpha value is 0.858. The van der Waals surface area contributed by atoms with E-state index in [1.807, 2.05) is 20.8 Å². The van der Waals surface area contributed by atoms with Gasteiger partial charge in [-0.15, -0.1) is 25.9 Å². The zero-order valence-electron chi connectivity index (χ0n) is 33.9. The van der Waals surface area contributed by atoms with E-state index in [0.29, 0.717) is 56.3 Å². The molecule has 0 atom stereocenters. The molecule has 288 valence electrons. The summed E-state index contributed by atoms with van der Waals surface area (Å²) in [5, 5.41) is 2.48. The number of carbonyl (C=O) groups excluding carboxylic acids is 3. The molecule has 10 heteroatoms. The first-order valence-electron chi connectivity index (χ1n) is 17.2. The second-order valence-corrected chi connectivity index (χ2v) is 14.6. The third-order valence-electron chi connectivity index (χ3n) is 5.32. The van der Waals surface area contributed by atoms with Gasteiger partial charge in [-0.1, -0.05) is 101 Å². The van der Waals surface area contributed by atoms with Crippen LogP contribution in [0, 0.1) is 43.9 Å². The summed E-state index contributed by atoms with van der Waals surface area (Å²) in [5.41, 5.74) is 16.4. The average molecular weight is 837 g/mol. The molecule has 0 saturated carbocycles. The van der Waals surface area contributed by atoms with E-state index < -0.39 is 0 Å². The van der Waals surface area contributed by atoms with Crippen molar-refractivity contribution >= 4 is 17.5 Å². The molecular formula is C38H82N4O4Y2-4. The second-order valence-electron chi connectivity index (χ2n) is 14.6. The minimum Gasteiger partial charge on any atom is -0.388 e. The van der Waals surface area contributed by atoms with Crippen molar-refractivity contribution in [3.05, 3.63) is 27.7 Å². The average Bonchev–Trinajstić information content (AvgIpc) is 2.91. The van der Waals surface area contributed by atoms with Crippen molar-refractivity contribution in [1.82, 2.24) is 5.32 Å². The fourth-order valence-electron chi connectivity index (χ4n) is 3.02. The Balaban J connectivity index is -0.0000000688. The quantitative estimate of drug-likeness (QED) is 0.0969. The molecule has 0 fully saturated rings. The number of hydrogen-bond donors (Lipinski definition) is 4. The predicted octanol–water partition coefficient (Wildman–Crippen LogP) is 7.87. The Bertz CT molecular complexity index is 646. The fraction of sp³-hybridized carbons (Fsp3) is 0.816. The van der Waals surface area contributed by atoms with Crippen LogP contribution in [0.4, 0.5) is 0 Å². The molecule has 0 aliphatic carbocycles. The van der Waals surface area contributed by atoms with Crippen LogP contribution >= 0.6 is 0 Å². The zero-order valence-corrected chi connectivity index (χ0v) is 39.5. The van der Waals surface area contributed by atoms with Gasteiger partial charge in [-0.25, -0.2) is 0 Å². The Morgan fingerprint density at radius 1 is 0.667 bits per heavy atom. The first-order valence-corrected chi connectivity index (χ1v) is 17.2. The molecule has 8 nitrogen and oxygen atoms in total. The number of hydrogen-bond acceptors (Lipinski definition) is 7. The van der Waals surface area contributed by atoms with Gasteiger partial charge < -0.3 is 59.7 Å². The van der Waals surface area contributed by atoms with E-state index in [0.717, 1.165) is 6.54 Å². The van der Waals surface area contributed by atoms with Gasteiger partial charge in [0.2, 0.25) is 0 Å². The molecule has 0 aromatic rings. The van der Waals surface area contributed by atoms with Gasteiger partial charge in [-0.05, 0) is 49.0 Å². The van der Waals surface area contributed by atoms with Gasteiger partial charge in [-0.3, -0.25) is 9.59 Å². The number of ketones is 2. The third kappa shape index (κ3) is 103. The van der Waals surface area contributed by atoms with Gasteiger partial charge in [0.05, 0.1) is 12.4 Å². The molecule has 0 aliphatic heterocycles. The van der Waals surface area contributed by atoms with Crippen LogP contribution in [0.5, 0.6) is 0 Å². The van der Waals surface area contributed by atoms with Gasteiger partial charge in [0, 0.05) is 78.4 Å². The second kappa shape index (κ2) is 47.9. The van der Waals surface area contributed by atoms with E-state index in [-0.39, 0.29) is 94.9 Å². The van der Waals surface area contributed by atoms with E-state index >= 15 is 0 Å². The molecule has 0 heterocycles. The van der Waals surface area contributed by atoms with Crippen molar-refractivity contribution in [2.24, 2.45) is 33.4 Å². The summed E-state index contributed by atoms with van der Waals surface area (Å²) in [6.07, 6.45) is 12.0. The molecule has 0 unspecified atom stereocenters. The molecule has 0 aliphatic rings. The van der Waals surface area contributed by atoms with Crippen LogP contribution in [-0.4, -0.2) is 56.9 Å². The number of nitrogens with two attached hydrogens (primary N) is 3. The molecule has 0 aromatic heterocycles. The van der Waals surface area contributed by atoms with Crippen LogP contribution in [-0.2, 0) is 84.5 Å². The van der Waals surface area contributed by atoms with Crippen LogP contribution in [0.2, 0.25) is 0 Å². The molecule has 0 rings (SSSR count). The summed E-state index contributed by atoms with van der Waals surface area (Å²) < 4.78 is 5.02. The number of ether oxygens (including phenoxy) is 1. The third-order valence-corrected chi connectivity index (χ3v) is 5.32. The summed E-state index contributed by atoms with van der Waals surface area (Å²) >= 11 is 0. The molecule has 1 amide bonds. The molecule has 0 aromatic carbocycles. The van der Waals surface area contributed by atoms with E-state index in [9.17, 15) is 14.4 Å². The van der Waals surface area contributed by atoms with Crippen molar-refractivity contribution in [2.45, 2.75) is 147 Å². The zero-order chi connectivity index (χ0) is 37.7. The number of unbranched alkanes of at least 4 members (excludes halogenated alkanes) is 4. The van der Waals surface area contributed by atoms with Crippen LogP contribution in [0.25, 0.3) is 0 Å². The van der Waals surface area contributed by atoms with Gasteiger partial charge in [0.15, 0.2) is 11.7 Å². The van der Waals surface area contributed by atoms with Crippen LogP contribution < -0.4 is 22.5 Å². The van der Waals surface area contributed by atoms with E-state index in [1.54, 1.807) is 0 Å². The van der Waals surface area contributed by atoms with Crippen LogP contribution in [0.15, 0.2) is 0 Å². The van der Waals surface area contributed by atoms with E-state index in [4.69, 9.17) is 21.9 Å². The number of carbonyl (C=O) groups is 3. The summed E-state index contributed by atoms with van der Waals surface area (Å²) in [6.45, 7) is 40.0. The monoisotopic (exact) mass is 836 g/mol. The van der Waals surface area contributed by atoms with Gasteiger partial charge in [0.1, 0.15) is 6.61 Å². The van der Waals surface area contributed by atoms with Gasteiger partial charge >= 0.3 is 0 Å². The minimum atomic E-state index is -0.0463. The van der Waals surface area contributed by atoms with Crippen molar-refractivity contribution in [3.63, 3.8) is 0 Å². The number of Topliss-reactive ketones (excluding diaryl/α,β-unsaturated/α-hetero) is 2. The van der Waals surface area contributed by atoms with E-state index in [2.05, 4.69) is 81.5 Å². The normalized spacial score (nSPS) is 10.0. The maximum absolute atomic E-state index is 11.2. The topological polar surface area (TPSA) is 151 Å². The molecule has 7 N–H and O–H groups in total. The first kappa shape index (κ1) is 67.0. The number of rotatable bonds is 15. The smallest absolute Gasteiger partial charge is 0.187 e. The Labute approximate surface area is 351 Å². The summed E-state index contributed by atoms with van der Waals surface area (Å²) in [5.74, 6) is 0.246. The minimum absolute atomic E-state index is 0. The van der Waals surface area contributed by atoms with Crippen molar-refractivity contribution < 1.29 is 84.5 Å². The standard InChI is InChI=1S/C10H22.C9H19NO2.C8H19N.C5H9NO.C4H7O.C2H6N.2Y/c1-5-6-7-8-9-10(2,3)4;1-9(2,3)6-8(11)7-12-5-4-10;1-8(2,3)6-4-5-7-9;1-3-5(7)6-4-2;1-3-4(2)5;1-2-3;;/h5-9H2,1-4H3;4-7,10H2,1-3H3;4-7,9H2,1-3H3;1-4H2,(H,6,7);1,3H2,2H3;1-3H2;;/q;;;-2;2*-1;;. The first-order chi connectivity index (χ1) is 21.1. The summed E-state index contributed by atoms with van der Waals surface area (Å²) in [6, 6.07) is 0. The Morgan fingerprint density at radius 3 is 1.33 bits per heavy atom. The number of amides is 1. The van der Waals surface area contributed by atoms with Crippen molar-refractivity contribution in [2.75, 3.05) is 39.4 Å². The largest absolute Gasteiger partial charge is 0.388 e. The molecular weight excluding hydrogens is 754 g/mol. The number of nitrogens with one attached hydrogen (secondary N) is 1. The fourth-order valence-corrected chi connectivity index (χ4v) is 3.02. The summed E-state index contributed by atoms with van der Waals surface area (Å²) in [7, 11) is 0. The maximum Gasteiger partial charge on any atom is 0.187 e. The molecule has 0 bridgehead atoms. The van der Waals surface area contributed by atoms with Crippen LogP contribution in [0.1, 0.15) is 147 Å². The molecule has 0 spiro atoms. The maximum atomic E-state index is 11.2. The SMILES string of the molecule is CC(C)(C)CC(=O)COCCN.CC(C)(C)CCCCN.CCCCCCC(C)(C)C.[CH2-]CC(C)=O.[CH2-]CN.[CH2-]CNC(=O)C[CH2-].[Y].[Y]. The Kier molecular flexibility index (Phi) is 66.8. The molecule has 48 heavy (non-hydrogen) atoms. The molecule has 2 radical (unpaired) electrons. The van der Waals surface area contributed by atoms with Gasteiger partial charge in [-0.2, -0.15) is 0 Å². The van der Waals surface area contributed by atoms with Crippen molar-refractivity contribution in [3.8, 4) is 0 Å². The summed E-state index contributed by atoms with van der Waals surface area (Å²) in [4.78, 5) is 31.1. The van der Waals surface area contributed by atoms with Gasteiger partial charge in [0.25, 0.3) is 0 Å². The van der Waals surface area contributed by atoms with E-state index in [1.165, 1.54) is 58.3 Å².